The maximum absolute atomic E-state index is 13.0. The first kappa shape index (κ1) is 14.9. The summed E-state index contributed by atoms with van der Waals surface area (Å²) in [4.78, 5) is 0. The van der Waals surface area contributed by atoms with E-state index in [1.54, 1.807) is 6.07 Å². The fraction of sp³-hybridized carbons (Fsp3) is 0.600. The Kier molecular flexibility index (Phi) is 5.79. The van der Waals surface area contributed by atoms with Crippen molar-refractivity contribution >= 4 is 15.9 Å². The smallest absolute Gasteiger partial charge is 0.124 e. The van der Waals surface area contributed by atoms with Crippen molar-refractivity contribution in [2.24, 2.45) is 17.6 Å². The minimum Gasteiger partial charge on any atom is -0.376 e. The molecule has 0 aromatic heterocycles. The molecule has 2 nitrogen and oxygen atoms in total. The molecular weight excluding hydrogens is 309 g/mol. The summed E-state index contributed by atoms with van der Waals surface area (Å²) in [6, 6.07) is 4.70. The van der Waals surface area contributed by atoms with E-state index >= 15 is 0 Å². The number of ether oxygens (including phenoxy) is 1. The molecule has 0 spiro atoms. The minimum absolute atomic E-state index is 0.230. The third-order valence-corrected chi connectivity index (χ3v) is 4.71. The Morgan fingerprint density at radius 3 is 2.68 bits per heavy atom. The molecule has 1 aliphatic rings. The van der Waals surface area contributed by atoms with Gasteiger partial charge in [-0.1, -0.05) is 34.8 Å². The first-order valence-electron chi connectivity index (χ1n) is 6.92. The van der Waals surface area contributed by atoms with Crippen LogP contribution < -0.4 is 5.73 Å². The summed E-state index contributed by atoms with van der Waals surface area (Å²) in [6.07, 6.45) is 5.02. The minimum atomic E-state index is -0.230. The third-order valence-electron chi connectivity index (χ3n) is 3.97. The second-order valence-electron chi connectivity index (χ2n) is 5.29. The lowest BCUT2D eigenvalue weighted by Crippen LogP contribution is -2.29. The molecule has 1 aromatic carbocycles. The number of benzene rings is 1. The molecule has 2 N–H and O–H groups in total. The van der Waals surface area contributed by atoms with Crippen LogP contribution in [0, 0.1) is 17.7 Å². The van der Waals surface area contributed by atoms with Crippen molar-refractivity contribution in [1.82, 2.24) is 0 Å². The van der Waals surface area contributed by atoms with Gasteiger partial charge in [0.2, 0.25) is 0 Å². The van der Waals surface area contributed by atoms with Gasteiger partial charge in [0.15, 0.2) is 0 Å². The van der Waals surface area contributed by atoms with Crippen LogP contribution in [0.2, 0.25) is 0 Å². The predicted molar refractivity (Wildman–Crippen MR) is 78.3 cm³/mol. The van der Waals surface area contributed by atoms with Crippen LogP contribution in [-0.2, 0) is 11.3 Å². The lowest BCUT2D eigenvalue weighted by atomic mass is 9.80. The van der Waals surface area contributed by atoms with E-state index < -0.39 is 0 Å². The molecule has 0 aliphatic heterocycles. The van der Waals surface area contributed by atoms with E-state index in [0.29, 0.717) is 18.4 Å². The number of hydrogen-bond donors (Lipinski definition) is 1. The zero-order valence-electron chi connectivity index (χ0n) is 11.1. The Morgan fingerprint density at radius 2 is 2.00 bits per heavy atom. The average molecular weight is 330 g/mol. The van der Waals surface area contributed by atoms with Crippen LogP contribution in [0.5, 0.6) is 0 Å². The summed E-state index contributed by atoms with van der Waals surface area (Å²) in [7, 11) is 0. The van der Waals surface area contributed by atoms with Gasteiger partial charge in [-0.3, -0.25) is 0 Å². The van der Waals surface area contributed by atoms with E-state index in [1.807, 2.05) is 0 Å². The highest BCUT2D eigenvalue weighted by Crippen LogP contribution is 2.30. The number of hydrogen-bond acceptors (Lipinski definition) is 2. The summed E-state index contributed by atoms with van der Waals surface area (Å²) in [6.45, 7) is 2.04. The van der Waals surface area contributed by atoms with E-state index in [0.717, 1.165) is 23.2 Å². The highest BCUT2D eigenvalue weighted by Gasteiger charge is 2.23. The van der Waals surface area contributed by atoms with E-state index in [4.69, 9.17) is 10.5 Å². The van der Waals surface area contributed by atoms with E-state index in [-0.39, 0.29) is 5.82 Å². The summed E-state index contributed by atoms with van der Waals surface area (Å²) in [5, 5.41) is 0. The molecule has 1 aliphatic carbocycles. The fourth-order valence-corrected chi connectivity index (χ4v) is 3.24. The monoisotopic (exact) mass is 329 g/mol. The molecule has 2 unspecified atom stereocenters. The molecule has 1 aromatic rings. The summed E-state index contributed by atoms with van der Waals surface area (Å²) >= 11 is 3.36. The molecule has 0 radical (unpaired) electrons. The zero-order valence-corrected chi connectivity index (χ0v) is 12.7. The highest BCUT2D eigenvalue weighted by atomic mass is 79.9. The maximum atomic E-state index is 13.0. The zero-order chi connectivity index (χ0) is 13.7. The van der Waals surface area contributed by atoms with Crippen molar-refractivity contribution in [1.29, 1.82) is 0 Å². The lowest BCUT2D eigenvalue weighted by Gasteiger charge is -2.30. The molecule has 1 fully saturated rings. The second-order valence-corrected chi connectivity index (χ2v) is 6.15. The van der Waals surface area contributed by atoms with Gasteiger partial charge in [0, 0.05) is 4.47 Å². The quantitative estimate of drug-likeness (QED) is 0.889. The van der Waals surface area contributed by atoms with Gasteiger partial charge in [-0.15, -0.1) is 0 Å². The summed E-state index contributed by atoms with van der Waals surface area (Å²) in [5.41, 5.74) is 6.80. The van der Waals surface area contributed by atoms with Gasteiger partial charge in [0.1, 0.15) is 5.82 Å². The third kappa shape index (κ3) is 4.26. The van der Waals surface area contributed by atoms with Crippen LogP contribution in [0.1, 0.15) is 31.2 Å². The molecule has 0 bridgehead atoms. The standard InChI is InChI=1S/C15H21BrFNO/c16-15-7-14(17)6-5-13(15)10-19-9-12-4-2-1-3-11(12)8-18/h5-7,11-12H,1-4,8-10,18H2. The average Bonchev–Trinajstić information content (AvgIpc) is 2.42. The van der Waals surface area contributed by atoms with Crippen LogP contribution in [-0.4, -0.2) is 13.2 Å². The van der Waals surface area contributed by atoms with E-state index in [2.05, 4.69) is 15.9 Å². The van der Waals surface area contributed by atoms with Crippen molar-refractivity contribution < 1.29 is 9.13 Å². The first-order valence-corrected chi connectivity index (χ1v) is 7.71. The maximum Gasteiger partial charge on any atom is 0.124 e. The second kappa shape index (κ2) is 7.36. The van der Waals surface area contributed by atoms with Gasteiger partial charge < -0.3 is 10.5 Å². The molecule has 19 heavy (non-hydrogen) atoms. The Balaban J connectivity index is 1.82. The highest BCUT2D eigenvalue weighted by molar-refractivity contribution is 9.10. The largest absolute Gasteiger partial charge is 0.376 e. The Morgan fingerprint density at radius 1 is 1.26 bits per heavy atom. The molecule has 2 rings (SSSR count). The molecule has 106 valence electrons. The molecule has 0 saturated heterocycles. The lowest BCUT2D eigenvalue weighted by molar-refractivity contribution is 0.0509. The Labute approximate surface area is 122 Å². The molecular formula is C15H21BrFNO. The summed E-state index contributed by atoms with van der Waals surface area (Å²) < 4.78 is 19.5. The van der Waals surface area contributed by atoms with E-state index in [9.17, 15) is 4.39 Å². The number of halogens is 2. The van der Waals surface area contributed by atoms with Gasteiger partial charge >= 0.3 is 0 Å². The number of rotatable bonds is 5. The molecule has 2 atom stereocenters. The van der Waals surface area contributed by atoms with E-state index in [1.165, 1.54) is 37.8 Å². The molecule has 4 heteroatoms. The normalized spacial score (nSPS) is 23.5. The first-order chi connectivity index (χ1) is 9.20. The molecule has 1 saturated carbocycles. The summed E-state index contributed by atoms with van der Waals surface area (Å²) in [5.74, 6) is 0.953. The van der Waals surface area contributed by atoms with Gasteiger partial charge in [0.05, 0.1) is 13.2 Å². The van der Waals surface area contributed by atoms with Gasteiger partial charge in [0.25, 0.3) is 0 Å². The van der Waals surface area contributed by atoms with Crippen LogP contribution in [0.15, 0.2) is 22.7 Å². The molecule has 0 amide bonds. The Hall–Kier alpha value is -0.450. The van der Waals surface area contributed by atoms with Crippen LogP contribution in [0.3, 0.4) is 0 Å². The Bertz CT molecular complexity index is 413. The van der Waals surface area contributed by atoms with Gasteiger partial charge in [-0.2, -0.15) is 0 Å². The van der Waals surface area contributed by atoms with Crippen LogP contribution in [0.4, 0.5) is 4.39 Å². The van der Waals surface area contributed by atoms with Crippen LogP contribution >= 0.6 is 15.9 Å². The van der Waals surface area contributed by atoms with Gasteiger partial charge in [-0.25, -0.2) is 4.39 Å². The fourth-order valence-electron chi connectivity index (χ4n) is 2.77. The van der Waals surface area contributed by atoms with Crippen molar-refractivity contribution in [3.8, 4) is 0 Å². The van der Waals surface area contributed by atoms with Gasteiger partial charge in [-0.05, 0) is 48.9 Å². The molecule has 0 heterocycles. The van der Waals surface area contributed by atoms with Crippen molar-refractivity contribution in [2.45, 2.75) is 32.3 Å². The number of nitrogens with two attached hydrogens (primary N) is 1. The van der Waals surface area contributed by atoms with Crippen molar-refractivity contribution in [2.75, 3.05) is 13.2 Å². The predicted octanol–water partition coefficient (Wildman–Crippen LogP) is 3.87. The van der Waals surface area contributed by atoms with Crippen molar-refractivity contribution in [3.05, 3.63) is 34.1 Å². The SMILES string of the molecule is NCC1CCCCC1COCc1ccc(F)cc1Br. The van der Waals surface area contributed by atoms with Crippen LogP contribution in [0.25, 0.3) is 0 Å². The topological polar surface area (TPSA) is 35.2 Å². The van der Waals surface area contributed by atoms with Crippen molar-refractivity contribution in [3.63, 3.8) is 0 Å².